The van der Waals surface area contributed by atoms with Gasteiger partial charge in [-0.05, 0) is 6.07 Å². The van der Waals surface area contributed by atoms with Crippen molar-refractivity contribution >= 4 is 22.4 Å². The predicted octanol–water partition coefficient (Wildman–Crippen LogP) is 1.94. The number of fused-ring (bicyclic) bond motifs is 1. The number of carbonyl (C=O) groups excluding carboxylic acids is 1. The molecule has 1 heterocycles. The van der Waals surface area contributed by atoms with Crippen LogP contribution in [0, 0.1) is 10.1 Å². The molecule has 0 aliphatic heterocycles. The zero-order chi connectivity index (χ0) is 11.0. The number of nitro groups is 1. The minimum absolute atomic E-state index is 0.0891. The number of Topliss-reactive ketones (excluding diaryl/α,β-unsaturated/α-hetero) is 1. The fourth-order valence-electron chi connectivity index (χ4n) is 1.29. The first kappa shape index (κ1) is 9.32. The monoisotopic (exact) mass is 206 g/mol. The average molecular weight is 206 g/mol. The van der Waals surface area contributed by atoms with Gasteiger partial charge < -0.3 is 4.52 Å². The second-order valence-corrected chi connectivity index (χ2v) is 3.02. The van der Waals surface area contributed by atoms with Crippen molar-refractivity contribution in [3.8, 4) is 0 Å². The number of hydrogen-bond donors (Lipinski definition) is 0. The van der Waals surface area contributed by atoms with E-state index in [1.54, 1.807) is 0 Å². The van der Waals surface area contributed by atoms with Gasteiger partial charge in [0.1, 0.15) is 0 Å². The van der Waals surface area contributed by atoms with Gasteiger partial charge in [-0.25, -0.2) is 0 Å². The van der Waals surface area contributed by atoms with Gasteiger partial charge in [-0.3, -0.25) is 14.9 Å². The van der Waals surface area contributed by atoms with E-state index >= 15 is 0 Å². The first-order chi connectivity index (χ1) is 7.09. The number of ketones is 1. The number of non-ortho nitro benzene ring substituents is 1. The lowest BCUT2D eigenvalue weighted by Gasteiger charge is -1.90. The molecule has 0 bridgehead atoms. The maximum atomic E-state index is 11.1. The van der Waals surface area contributed by atoms with Crippen LogP contribution in [0.25, 0.3) is 11.0 Å². The van der Waals surface area contributed by atoms with E-state index in [0.29, 0.717) is 5.39 Å². The first-order valence-corrected chi connectivity index (χ1v) is 4.14. The molecule has 0 amide bonds. The van der Waals surface area contributed by atoms with Crippen LogP contribution < -0.4 is 0 Å². The Kier molecular flexibility index (Phi) is 1.96. The van der Waals surface area contributed by atoms with E-state index in [0.717, 1.165) is 0 Å². The van der Waals surface area contributed by atoms with Crippen molar-refractivity contribution in [2.75, 3.05) is 0 Å². The highest BCUT2D eigenvalue weighted by Gasteiger charge is 2.15. The number of benzene rings is 1. The van der Waals surface area contributed by atoms with Crippen LogP contribution in [0.4, 0.5) is 5.69 Å². The van der Waals surface area contributed by atoms with Crippen LogP contribution in [0.1, 0.15) is 17.4 Å². The van der Waals surface area contributed by atoms with Crippen LogP contribution in [0.15, 0.2) is 22.7 Å². The van der Waals surface area contributed by atoms with Gasteiger partial charge >= 0.3 is 0 Å². The van der Waals surface area contributed by atoms with Gasteiger partial charge in [0.05, 0.1) is 16.4 Å². The minimum Gasteiger partial charge on any atom is -0.355 e. The topological polar surface area (TPSA) is 86.2 Å². The molecule has 1 aromatic carbocycles. The molecule has 0 saturated heterocycles. The van der Waals surface area contributed by atoms with Crippen LogP contribution >= 0.6 is 0 Å². The summed E-state index contributed by atoms with van der Waals surface area (Å²) in [7, 11) is 0. The van der Waals surface area contributed by atoms with Crippen LogP contribution in [0.2, 0.25) is 0 Å². The van der Waals surface area contributed by atoms with E-state index < -0.39 is 4.92 Å². The fourth-order valence-corrected chi connectivity index (χ4v) is 1.29. The third kappa shape index (κ3) is 1.45. The Labute approximate surface area is 83.6 Å². The van der Waals surface area contributed by atoms with Crippen molar-refractivity contribution in [2.45, 2.75) is 6.92 Å². The molecule has 0 aliphatic carbocycles. The van der Waals surface area contributed by atoms with Crippen molar-refractivity contribution < 1.29 is 14.2 Å². The number of nitrogens with zero attached hydrogens (tertiary/aromatic N) is 2. The molecule has 2 rings (SSSR count). The van der Waals surface area contributed by atoms with E-state index in [4.69, 9.17) is 4.52 Å². The summed E-state index contributed by atoms with van der Waals surface area (Å²) < 4.78 is 4.83. The summed E-state index contributed by atoms with van der Waals surface area (Å²) in [6.45, 7) is 1.36. The van der Waals surface area contributed by atoms with Crippen molar-refractivity contribution in [2.24, 2.45) is 0 Å². The zero-order valence-corrected chi connectivity index (χ0v) is 7.76. The van der Waals surface area contributed by atoms with Crippen LogP contribution in [-0.2, 0) is 0 Å². The molecule has 0 aliphatic rings. The summed E-state index contributed by atoms with van der Waals surface area (Å²) in [4.78, 5) is 21.0. The summed E-state index contributed by atoms with van der Waals surface area (Å²) in [6, 6.07) is 4.02. The lowest BCUT2D eigenvalue weighted by molar-refractivity contribution is -0.384. The highest BCUT2D eigenvalue weighted by molar-refractivity contribution is 6.04. The molecule has 0 radical (unpaired) electrons. The maximum Gasteiger partial charge on any atom is 0.273 e. The molecule has 1 aromatic heterocycles. The quantitative estimate of drug-likeness (QED) is 0.425. The van der Waals surface area contributed by atoms with Gasteiger partial charge in [-0.1, -0.05) is 5.16 Å². The van der Waals surface area contributed by atoms with Crippen LogP contribution in [0.3, 0.4) is 0 Å². The van der Waals surface area contributed by atoms with Gasteiger partial charge in [-0.15, -0.1) is 0 Å². The van der Waals surface area contributed by atoms with E-state index in [2.05, 4.69) is 5.16 Å². The molecule has 0 fully saturated rings. The maximum absolute atomic E-state index is 11.1. The van der Waals surface area contributed by atoms with E-state index in [9.17, 15) is 14.9 Å². The minimum atomic E-state index is -0.532. The molecule has 2 aromatic rings. The lowest BCUT2D eigenvalue weighted by atomic mass is 10.1. The smallest absolute Gasteiger partial charge is 0.273 e. The van der Waals surface area contributed by atoms with Gasteiger partial charge in [-0.2, -0.15) is 0 Å². The van der Waals surface area contributed by atoms with Crippen molar-refractivity contribution in [3.63, 3.8) is 0 Å². The number of carbonyl (C=O) groups is 1. The Morgan fingerprint density at radius 1 is 1.53 bits per heavy atom. The lowest BCUT2D eigenvalue weighted by Crippen LogP contribution is -1.92. The highest BCUT2D eigenvalue weighted by atomic mass is 16.6. The molecule has 0 saturated carbocycles. The molecule has 0 unspecified atom stereocenters. The SMILES string of the molecule is CC(=O)c1noc2cc([N+](=O)[O-])ccc12. The molecule has 6 heteroatoms. The molecule has 0 spiro atoms. The Balaban J connectivity index is 2.66. The molecular formula is C9H6N2O4. The predicted molar refractivity (Wildman–Crippen MR) is 50.7 cm³/mol. The second-order valence-electron chi connectivity index (χ2n) is 3.02. The standard InChI is InChI=1S/C9H6N2O4/c1-5(12)9-7-3-2-6(11(13)14)4-8(7)15-10-9/h2-4H,1H3. The Hall–Kier alpha value is -2.24. The summed E-state index contributed by atoms with van der Waals surface area (Å²) in [6.07, 6.45) is 0. The molecule has 6 nitrogen and oxygen atoms in total. The summed E-state index contributed by atoms with van der Waals surface area (Å²) in [5, 5.41) is 14.5. The van der Waals surface area contributed by atoms with Crippen LogP contribution in [0.5, 0.6) is 0 Å². The zero-order valence-electron chi connectivity index (χ0n) is 7.76. The third-order valence-corrected chi connectivity index (χ3v) is 2.00. The number of aromatic nitrogens is 1. The van der Waals surface area contributed by atoms with Gasteiger partial charge in [0, 0.05) is 13.0 Å². The van der Waals surface area contributed by atoms with Gasteiger partial charge in [0.2, 0.25) is 0 Å². The fraction of sp³-hybridized carbons (Fsp3) is 0.111. The molecule has 15 heavy (non-hydrogen) atoms. The van der Waals surface area contributed by atoms with Gasteiger partial charge in [0.25, 0.3) is 5.69 Å². The number of hydrogen-bond acceptors (Lipinski definition) is 5. The van der Waals surface area contributed by atoms with E-state index in [-0.39, 0.29) is 22.7 Å². The molecule has 0 N–H and O–H groups in total. The van der Waals surface area contributed by atoms with Crippen molar-refractivity contribution in [1.29, 1.82) is 0 Å². The second kappa shape index (κ2) is 3.16. The Bertz CT molecular complexity index is 558. The van der Waals surface area contributed by atoms with Crippen LogP contribution in [-0.4, -0.2) is 15.9 Å². The van der Waals surface area contributed by atoms with E-state index in [1.807, 2.05) is 0 Å². The summed E-state index contributed by atoms with van der Waals surface area (Å²) in [5.74, 6) is -0.234. The average Bonchev–Trinajstić information content (AvgIpc) is 2.59. The molecular weight excluding hydrogens is 200 g/mol. The third-order valence-electron chi connectivity index (χ3n) is 2.00. The highest BCUT2D eigenvalue weighted by Crippen LogP contribution is 2.23. The number of rotatable bonds is 2. The summed E-state index contributed by atoms with van der Waals surface area (Å²) in [5.41, 5.74) is 0.350. The Morgan fingerprint density at radius 3 is 2.87 bits per heavy atom. The largest absolute Gasteiger partial charge is 0.355 e. The van der Waals surface area contributed by atoms with Crippen molar-refractivity contribution in [1.82, 2.24) is 5.16 Å². The van der Waals surface area contributed by atoms with E-state index in [1.165, 1.54) is 25.1 Å². The first-order valence-electron chi connectivity index (χ1n) is 4.14. The summed E-state index contributed by atoms with van der Waals surface area (Å²) >= 11 is 0. The normalized spacial score (nSPS) is 10.5. The molecule has 0 atom stereocenters. The Morgan fingerprint density at radius 2 is 2.27 bits per heavy atom. The van der Waals surface area contributed by atoms with Gasteiger partial charge in [0.15, 0.2) is 17.1 Å². The molecule has 76 valence electrons. The van der Waals surface area contributed by atoms with Crippen molar-refractivity contribution in [3.05, 3.63) is 34.0 Å². The number of nitro benzene ring substituents is 1.